The first-order valence-corrected chi connectivity index (χ1v) is 4.51. The molecule has 0 aliphatic heterocycles. The van der Waals surface area contributed by atoms with Gasteiger partial charge in [-0.15, -0.1) is 11.6 Å². The molecule has 10 heavy (non-hydrogen) atoms. The molecule has 0 spiro atoms. The molecular formula is C7H7BrCl2. The van der Waals surface area contributed by atoms with Crippen molar-refractivity contribution in [1.29, 1.82) is 0 Å². The molecule has 1 aliphatic carbocycles. The fourth-order valence-electron chi connectivity index (χ4n) is 0.741. The molecular weight excluding hydrogens is 235 g/mol. The van der Waals surface area contributed by atoms with Gasteiger partial charge in [-0.1, -0.05) is 46.6 Å². The highest BCUT2D eigenvalue weighted by Crippen LogP contribution is 2.41. The van der Waals surface area contributed by atoms with E-state index in [-0.39, 0.29) is 5.92 Å². The first-order chi connectivity index (χ1) is 4.54. The van der Waals surface area contributed by atoms with Crippen LogP contribution in [0, 0.1) is 5.92 Å². The van der Waals surface area contributed by atoms with Gasteiger partial charge in [0.1, 0.15) is 3.78 Å². The van der Waals surface area contributed by atoms with Crippen molar-refractivity contribution in [2.45, 2.75) is 10.7 Å². The van der Waals surface area contributed by atoms with Crippen LogP contribution in [-0.2, 0) is 0 Å². The Bertz CT molecular complexity index is 194. The SMILES string of the molecule is CC1C(Cl)=CC=CC1(Cl)Br. The van der Waals surface area contributed by atoms with Gasteiger partial charge < -0.3 is 0 Å². The van der Waals surface area contributed by atoms with Crippen molar-refractivity contribution in [2.75, 3.05) is 0 Å². The van der Waals surface area contributed by atoms with E-state index in [9.17, 15) is 0 Å². The molecule has 56 valence electrons. The molecule has 0 aromatic heterocycles. The van der Waals surface area contributed by atoms with Gasteiger partial charge in [0.25, 0.3) is 0 Å². The fraction of sp³-hybridized carbons (Fsp3) is 0.429. The summed E-state index contributed by atoms with van der Waals surface area (Å²) in [6.45, 7) is 1.98. The highest BCUT2D eigenvalue weighted by molar-refractivity contribution is 9.10. The minimum atomic E-state index is -0.487. The van der Waals surface area contributed by atoms with E-state index in [2.05, 4.69) is 15.9 Å². The van der Waals surface area contributed by atoms with Crippen LogP contribution in [0.25, 0.3) is 0 Å². The number of halogens is 3. The van der Waals surface area contributed by atoms with E-state index in [1.54, 1.807) is 0 Å². The Balaban J connectivity index is 2.89. The van der Waals surface area contributed by atoms with Crippen LogP contribution in [0.3, 0.4) is 0 Å². The maximum atomic E-state index is 6.02. The normalized spacial score (nSPS) is 39.6. The van der Waals surface area contributed by atoms with Crippen molar-refractivity contribution < 1.29 is 0 Å². The molecule has 0 bridgehead atoms. The van der Waals surface area contributed by atoms with Crippen LogP contribution in [0.2, 0.25) is 0 Å². The number of alkyl halides is 2. The summed E-state index contributed by atoms with van der Waals surface area (Å²) in [6.07, 6.45) is 5.59. The molecule has 0 aromatic carbocycles. The standard InChI is InChI=1S/C7H7BrCl2/c1-5-6(9)3-2-4-7(5,8)10/h2-5H,1H3. The van der Waals surface area contributed by atoms with E-state index in [1.165, 1.54) is 0 Å². The first kappa shape index (κ1) is 8.63. The predicted molar refractivity (Wildman–Crippen MR) is 49.8 cm³/mol. The van der Waals surface area contributed by atoms with E-state index in [1.807, 2.05) is 25.2 Å². The second-order valence-corrected chi connectivity index (χ2v) is 5.14. The number of rotatable bonds is 0. The molecule has 0 amide bonds. The molecule has 1 aliphatic rings. The zero-order chi connectivity index (χ0) is 7.78. The molecule has 2 atom stereocenters. The van der Waals surface area contributed by atoms with Gasteiger partial charge in [-0.05, 0) is 6.08 Å². The summed E-state index contributed by atoms with van der Waals surface area (Å²) in [5, 5.41) is 0.786. The second kappa shape index (κ2) is 2.88. The lowest BCUT2D eigenvalue weighted by Crippen LogP contribution is -2.21. The Kier molecular flexibility index (Phi) is 2.49. The average Bonchev–Trinajstić information content (AvgIpc) is 1.83. The minimum Gasteiger partial charge on any atom is -0.101 e. The van der Waals surface area contributed by atoms with E-state index >= 15 is 0 Å². The third-order valence-electron chi connectivity index (χ3n) is 1.56. The van der Waals surface area contributed by atoms with Crippen molar-refractivity contribution in [2.24, 2.45) is 5.92 Å². The zero-order valence-corrected chi connectivity index (χ0v) is 8.54. The lowest BCUT2D eigenvalue weighted by molar-refractivity contribution is 0.699. The zero-order valence-electron chi connectivity index (χ0n) is 5.44. The first-order valence-electron chi connectivity index (χ1n) is 2.97. The summed E-state index contributed by atoms with van der Waals surface area (Å²) in [4.78, 5) is 0. The third-order valence-corrected chi connectivity index (χ3v) is 3.42. The van der Waals surface area contributed by atoms with Crippen LogP contribution >= 0.6 is 39.1 Å². The predicted octanol–water partition coefficient (Wildman–Crippen LogP) is 3.65. The van der Waals surface area contributed by atoms with E-state index < -0.39 is 3.78 Å². The maximum Gasteiger partial charge on any atom is 0.125 e. The maximum absolute atomic E-state index is 6.02. The van der Waals surface area contributed by atoms with Crippen molar-refractivity contribution >= 4 is 39.1 Å². The van der Waals surface area contributed by atoms with Crippen LogP contribution in [0.15, 0.2) is 23.3 Å². The van der Waals surface area contributed by atoms with E-state index in [0.717, 1.165) is 5.03 Å². The van der Waals surface area contributed by atoms with E-state index in [4.69, 9.17) is 23.2 Å². The Morgan fingerprint density at radius 3 is 2.70 bits per heavy atom. The molecule has 0 heterocycles. The smallest absolute Gasteiger partial charge is 0.101 e. The van der Waals surface area contributed by atoms with Crippen molar-refractivity contribution in [3.05, 3.63) is 23.3 Å². The van der Waals surface area contributed by atoms with Crippen LogP contribution in [0.5, 0.6) is 0 Å². The molecule has 1 rings (SSSR count). The molecule has 0 N–H and O–H groups in total. The third kappa shape index (κ3) is 1.58. The summed E-state index contributed by atoms with van der Waals surface area (Å²) in [7, 11) is 0. The van der Waals surface area contributed by atoms with Gasteiger partial charge in [0, 0.05) is 11.0 Å². The average molecular weight is 242 g/mol. The van der Waals surface area contributed by atoms with Crippen molar-refractivity contribution in [1.82, 2.24) is 0 Å². The van der Waals surface area contributed by atoms with Gasteiger partial charge in [-0.3, -0.25) is 0 Å². The Morgan fingerprint density at radius 2 is 2.30 bits per heavy atom. The van der Waals surface area contributed by atoms with Crippen molar-refractivity contribution in [3.8, 4) is 0 Å². The summed E-state index contributed by atoms with van der Waals surface area (Å²) in [5.74, 6) is 0.140. The molecule has 0 saturated heterocycles. The van der Waals surface area contributed by atoms with Crippen LogP contribution in [-0.4, -0.2) is 3.78 Å². The van der Waals surface area contributed by atoms with Gasteiger partial charge in [0.05, 0.1) is 0 Å². The van der Waals surface area contributed by atoms with Crippen LogP contribution < -0.4 is 0 Å². The number of hydrogen-bond donors (Lipinski definition) is 0. The Hall–Kier alpha value is 0.540. The minimum absolute atomic E-state index is 0.140. The number of allylic oxidation sites excluding steroid dienone is 4. The summed E-state index contributed by atoms with van der Waals surface area (Å²) < 4.78 is -0.487. The van der Waals surface area contributed by atoms with Gasteiger partial charge >= 0.3 is 0 Å². The monoisotopic (exact) mass is 240 g/mol. The molecule has 0 fully saturated rings. The molecule has 3 heteroatoms. The molecule has 0 nitrogen and oxygen atoms in total. The van der Waals surface area contributed by atoms with Crippen LogP contribution in [0.1, 0.15) is 6.92 Å². The second-order valence-electron chi connectivity index (χ2n) is 2.31. The molecule has 0 radical (unpaired) electrons. The van der Waals surface area contributed by atoms with Gasteiger partial charge in [0.2, 0.25) is 0 Å². The van der Waals surface area contributed by atoms with Crippen LogP contribution in [0.4, 0.5) is 0 Å². The van der Waals surface area contributed by atoms with Gasteiger partial charge in [-0.2, -0.15) is 0 Å². The summed E-state index contributed by atoms with van der Waals surface area (Å²) in [6, 6.07) is 0. The lowest BCUT2D eigenvalue weighted by Gasteiger charge is -2.25. The largest absolute Gasteiger partial charge is 0.125 e. The highest BCUT2D eigenvalue weighted by Gasteiger charge is 2.31. The quantitative estimate of drug-likeness (QED) is 0.568. The molecule has 0 saturated carbocycles. The van der Waals surface area contributed by atoms with E-state index in [0.29, 0.717) is 0 Å². The number of hydrogen-bond acceptors (Lipinski definition) is 0. The van der Waals surface area contributed by atoms with Gasteiger partial charge in [-0.25, -0.2) is 0 Å². The lowest BCUT2D eigenvalue weighted by atomic mass is 10.0. The summed E-state index contributed by atoms with van der Waals surface area (Å²) >= 11 is 15.2. The summed E-state index contributed by atoms with van der Waals surface area (Å²) in [5.41, 5.74) is 0. The highest BCUT2D eigenvalue weighted by atomic mass is 79.9. The molecule has 0 aromatic rings. The fourth-order valence-corrected chi connectivity index (χ4v) is 1.76. The topological polar surface area (TPSA) is 0 Å². The Labute approximate surface area is 79.0 Å². The Morgan fingerprint density at radius 1 is 1.70 bits per heavy atom. The van der Waals surface area contributed by atoms with Gasteiger partial charge in [0.15, 0.2) is 0 Å². The molecule has 2 unspecified atom stereocenters. The van der Waals surface area contributed by atoms with Crippen molar-refractivity contribution in [3.63, 3.8) is 0 Å².